The van der Waals surface area contributed by atoms with E-state index >= 15 is 13.2 Å². The van der Waals surface area contributed by atoms with Crippen molar-refractivity contribution < 1.29 is 31.2 Å². The number of nitrogens with zero attached hydrogens (tertiary/aromatic N) is 3. The number of anilines is 2. The topological polar surface area (TPSA) is 110 Å². The smallest absolute Gasteiger partial charge is 0.224 e. The number of ether oxygens (including phenoxy) is 2. The van der Waals surface area contributed by atoms with Crippen molar-refractivity contribution in [2.75, 3.05) is 36.3 Å². The Balaban J connectivity index is 1.35. The Morgan fingerprint density at radius 3 is 2.66 bits per heavy atom. The molecule has 2 aromatic heterocycles. The van der Waals surface area contributed by atoms with Crippen LogP contribution in [0.5, 0.6) is 5.88 Å². The Morgan fingerprint density at radius 1 is 1.09 bits per heavy atom. The molecular weight excluding hydrogens is 600 g/mol. The van der Waals surface area contributed by atoms with Gasteiger partial charge in [0.2, 0.25) is 11.8 Å². The highest BCUT2D eigenvalue weighted by Gasteiger charge is 2.27. The number of pyridine rings is 1. The van der Waals surface area contributed by atoms with Crippen LogP contribution in [0.4, 0.5) is 29.2 Å². The van der Waals surface area contributed by atoms with Crippen molar-refractivity contribution in [1.82, 2.24) is 20.3 Å². The second kappa shape index (κ2) is 12.5. The maximum absolute atomic E-state index is 15.7. The molecule has 232 valence electrons. The van der Waals surface area contributed by atoms with Crippen LogP contribution < -0.4 is 20.1 Å². The average molecular weight is 631 g/mol. The molecule has 2 aliphatic heterocycles. The van der Waals surface area contributed by atoms with Crippen LogP contribution in [0.15, 0.2) is 48.7 Å². The van der Waals surface area contributed by atoms with E-state index in [4.69, 9.17) is 9.47 Å². The van der Waals surface area contributed by atoms with E-state index in [1.807, 2.05) is 0 Å². The van der Waals surface area contributed by atoms with E-state index in [1.165, 1.54) is 12.3 Å². The zero-order valence-electron chi connectivity index (χ0n) is 23.5. The van der Waals surface area contributed by atoms with Crippen molar-refractivity contribution in [2.45, 2.75) is 36.9 Å². The largest absolute Gasteiger partial charge is 0.471 e. The number of hydrogen-bond acceptors (Lipinski definition) is 8. The Bertz CT molecular complexity index is 1770. The van der Waals surface area contributed by atoms with Crippen LogP contribution in [-0.4, -0.2) is 69.7 Å². The molecule has 6 rings (SSSR count). The van der Waals surface area contributed by atoms with E-state index in [9.17, 15) is 8.60 Å². The lowest BCUT2D eigenvalue weighted by molar-refractivity contribution is 0.138. The number of aromatic nitrogens is 3. The first-order valence-electron chi connectivity index (χ1n) is 14.0. The van der Waals surface area contributed by atoms with E-state index in [1.54, 1.807) is 30.3 Å². The zero-order valence-corrected chi connectivity index (χ0v) is 24.3. The van der Waals surface area contributed by atoms with Gasteiger partial charge in [-0.05, 0) is 23.6 Å². The van der Waals surface area contributed by atoms with E-state index in [0.29, 0.717) is 30.5 Å². The van der Waals surface area contributed by atoms with E-state index in [0.717, 1.165) is 6.07 Å². The van der Waals surface area contributed by atoms with Gasteiger partial charge in [0.15, 0.2) is 23.1 Å². The van der Waals surface area contributed by atoms with Gasteiger partial charge in [-0.15, -0.1) is 0 Å². The molecule has 4 aromatic rings. The predicted octanol–water partition coefficient (Wildman–Crippen LogP) is 4.63. The SMILES string of the molecule is C=S(=O)(Cc1ccccc1)Nc1c(F)cc(-c2cc3cnc(N[C@@H]4CNC[C@@H](F)C4)nc3nc2OC2CCOC2)c(F)c1F. The Labute approximate surface area is 251 Å². The number of benzene rings is 2. The highest BCUT2D eigenvalue weighted by atomic mass is 32.2. The molecule has 2 unspecified atom stereocenters. The summed E-state index contributed by atoms with van der Waals surface area (Å²) in [7, 11) is -3.29. The van der Waals surface area contributed by atoms with Crippen molar-refractivity contribution in [2.24, 2.45) is 0 Å². The third kappa shape index (κ3) is 6.71. The molecule has 14 heteroatoms. The van der Waals surface area contributed by atoms with Crippen molar-refractivity contribution >= 4 is 38.2 Å². The first-order valence-corrected chi connectivity index (χ1v) is 15.9. The summed E-state index contributed by atoms with van der Waals surface area (Å²) in [5.74, 6) is -0.592. The molecule has 0 saturated carbocycles. The molecule has 2 saturated heterocycles. The molecule has 2 aromatic carbocycles. The van der Waals surface area contributed by atoms with Crippen LogP contribution in [0, 0.1) is 17.5 Å². The number of nitrogens with one attached hydrogen (secondary N) is 3. The molecule has 2 aliphatic rings. The fraction of sp³-hybridized carbons (Fsp3) is 0.333. The number of piperidine rings is 1. The highest BCUT2D eigenvalue weighted by molar-refractivity contribution is 8.00. The lowest BCUT2D eigenvalue weighted by atomic mass is 10.0. The molecule has 2 fully saturated rings. The van der Waals surface area contributed by atoms with E-state index < -0.39 is 50.7 Å². The standard InChI is InChI=1S/C30H30F4N6O3S/c1-44(41,16-17-5-3-2-4-6-17)40-27-24(32)11-22(25(33)26(27)34)23-9-18-12-36-30(37-20-10-19(31)13-35-14-20)39-28(18)38-29(23)43-21-7-8-42-15-21/h2-6,9,11-12,19-21,35H,1,7-8,10,13-16H2,(H,40,41)(H,36,37,38,39)/t19-,20-,21?,44?/m0/s1. The summed E-state index contributed by atoms with van der Waals surface area (Å²) in [6, 6.07) is 10.6. The Hall–Kier alpha value is -4.01. The van der Waals surface area contributed by atoms with Crippen LogP contribution >= 0.6 is 0 Å². The molecule has 44 heavy (non-hydrogen) atoms. The van der Waals surface area contributed by atoms with Gasteiger partial charge in [0.25, 0.3) is 0 Å². The van der Waals surface area contributed by atoms with Gasteiger partial charge in [-0.3, -0.25) is 0 Å². The van der Waals surface area contributed by atoms with Crippen LogP contribution in [0.1, 0.15) is 18.4 Å². The summed E-state index contributed by atoms with van der Waals surface area (Å²) in [4.78, 5) is 13.2. The number of alkyl halides is 1. The van der Waals surface area contributed by atoms with Crippen LogP contribution in [-0.2, 0) is 20.2 Å². The number of hydrogen-bond donors (Lipinski definition) is 3. The molecule has 0 aliphatic carbocycles. The molecule has 4 heterocycles. The maximum Gasteiger partial charge on any atom is 0.224 e. The van der Waals surface area contributed by atoms with Gasteiger partial charge >= 0.3 is 0 Å². The molecule has 4 atom stereocenters. The van der Waals surface area contributed by atoms with E-state index in [-0.39, 0.29) is 54.4 Å². The lowest BCUT2D eigenvalue weighted by Crippen LogP contribution is -2.44. The van der Waals surface area contributed by atoms with Gasteiger partial charge in [0, 0.05) is 64.4 Å². The monoisotopic (exact) mass is 630 g/mol. The van der Waals surface area contributed by atoms with Crippen molar-refractivity contribution in [3.05, 3.63) is 71.7 Å². The van der Waals surface area contributed by atoms with Gasteiger partial charge in [-0.1, -0.05) is 30.3 Å². The molecule has 0 radical (unpaired) electrons. The van der Waals surface area contributed by atoms with Crippen molar-refractivity contribution in [3.8, 4) is 17.0 Å². The predicted molar refractivity (Wildman–Crippen MR) is 161 cm³/mol. The molecule has 0 spiro atoms. The van der Waals surface area contributed by atoms with Crippen LogP contribution in [0.2, 0.25) is 0 Å². The number of fused-ring (bicyclic) bond motifs is 1. The second-order valence-electron chi connectivity index (χ2n) is 10.8. The van der Waals surface area contributed by atoms with Crippen molar-refractivity contribution in [3.63, 3.8) is 0 Å². The minimum absolute atomic E-state index is 0.0352. The van der Waals surface area contributed by atoms with Gasteiger partial charge in [0.05, 0.1) is 19.0 Å². The zero-order chi connectivity index (χ0) is 30.8. The third-order valence-corrected chi connectivity index (χ3v) is 8.69. The Kier molecular flexibility index (Phi) is 8.56. The number of rotatable bonds is 9. The first-order chi connectivity index (χ1) is 21.1. The lowest BCUT2D eigenvalue weighted by Gasteiger charge is -2.26. The fourth-order valence-electron chi connectivity index (χ4n) is 5.20. The normalized spacial score (nSPS) is 21.6. The minimum Gasteiger partial charge on any atom is -0.471 e. The van der Waals surface area contributed by atoms with Gasteiger partial charge < -0.3 is 24.8 Å². The van der Waals surface area contributed by atoms with E-state index in [2.05, 4.69) is 36.2 Å². The Morgan fingerprint density at radius 2 is 1.91 bits per heavy atom. The summed E-state index contributed by atoms with van der Waals surface area (Å²) in [5, 5.41) is 6.43. The molecule has 0 bridgehead atoms. The quantitative estimate of drug-likeness (QED) is 0.140. The summed E-state index contributed by atoms with van der Waals surface area (Å²) in [5.41, 5.74) is -0.586. The molecule has 0 amide bonds. The summed E-state index contributed by atoms with van der Waals surface area (Å²) < 4.78 is 87.2. The fourth-order valence-corrected chi connectivity index (χ4v) is 6.56. The average Bonchev–Trinajstić information content (AvgIpc) is 3.50. The van der Waals surface area contributed by atoms with Gasteiger partial charge in [-0.2, -0.15) is 9.97 Å². The van der Waals surface area contributed by atoms with Gasteiger partial charge in [0.1, 0.15) is 18.0 Å². The first kappa shape index (κ1) is 30.0. The second-order valence-corrected chi connectivity index (χ2v) is 13.0. The van der Waals surface area contributed by atoms with Gasteiger partial charge in [-0.25, -0.2) is 26.8 Å². The molecule has 3 N–H and O–H groups in total. The summed E-state index contributed by atoms with van der Waals surface area (Å²) >= 11 is 0. The summed E-state index contributed by atoms with van der Waals surface area (Å²) in [6.07, 6.45) is 0.808. The molecular formula is C30H30F4N6O3S. The van der Waals surface area contributed by atoms with Crippen LogP contribution in [0.3, 0.4) is 0 Å². The van der Waals surface area contributed by atoms with Crippen LogP contribution in [0.25, 0.3) is 22.2 Å². The minimum atomic E-state index is -3.29. The van der Waals surface area contributed by atoms with Crippen molar-refractivity contribution in [1.29, 1.82) is 0 Å². The number of halogens is 4. The highest BCUT2D eigenvalue weighted by Crippen LogP contribution is 2.38. The third-order valence-electron chi connectivity index (χ3n) is 7.31. The maximum atomic E-state index is 15.7. The molecule has 9 nitrogen and oxygen atoms in total. The summed E-state index contributed by atoms with van der Waals surface area (Å²) in [6.45, 7) is 1.51.